The number of phenolic OH excluding ortho intramolecular Hbond substituents is 5. The first-order valence-electron chi connectivity index (χ1n) is 17.9. The highest BCUT2D eigenvalue weighted by Gasteiger charge is 2.72. The Labute approximate surface area is 339 Å². The lowest BCUT2D eigenvalue weighted by molar-refractivity contribution is -0.495. The fourth-order valence-corrected chi connectivity index (χ4v) is 6.71. The molecule has 4 unspecified atom stereocenters. The number of phenols is 5. The van der Waals surface area contributed by atoms with Gasteiger partial charge >= 0.3 is 29.6 Å². The summed E-state index contributed by atoms with van der Waals surface area (Å²) in [4.78, 5) is 40.0. The third-order valence-electron chi connectivity index (χ3n) is 10.2. The van der Waals surface area contributed by atoms with E-state index in [0.717, 1.165) is 6.92 Å². The van der Waals surface area contributed by atoms with Crippen LogP contribution in [0.2, 0.25) is 0 Å². The molecule has 4 rings (SSSR count). The number of ether oxygens (including phenoxy) is 1. The summed E-state index contributed by atoms with van der Waals surface area (Å²) in [6, 6.07) is 5.62. The second-order valence-electron chi connectivity index (χ2n) is 14.4. The van der Waals surface area contributed by atoms with Crippen LogP contribution in [0.25, 0.3) is 0 Å². The minimum Gasteiger partial charge on any atom is -0.504 e. The van der Waals surface area contributed by atoms with E-state index >= 15 is 0 Å². The van der Waals surface area contributed by atoms with Crippen molar-refractivity contribution in [3.05, 3.63) is 70.8 Å². The van der Waals surface area contributed by atoms with Gasteiger partial charge in [0.05, 0.1) is 12.1 Å². The van der Waals surface area contributed by atoms with E-state index in [1.54, 1.807) is 50.2 Å². The number of aromatic hydroxyl groups is 5. The van der Waals surface area contributed by atoms with Crippen molar-refractivity contribution in [2.75, 3.05) is 0 Å². The monoisotopic (exact) mass is 853 g/mol. The van der Waals surface area contributed by atoms with E-state index < -0.39 is 130 Å². The van der Waals surface area contributed by atoms with Crippen LogP contribution in [0.3, 0.4) is 0 Å². The number of rotatable bonds is 16. The van der Waals surface area contributed by atoms with Crippen LogP contribution in [0.15, 0.2) is 48.5 Å². The number of aliphatic hydroxyl groups excluding tert-OH is 1. The van der Waals surface area contributed by atoms with E-state index in [-0.39, 0.29) is 12.2 Å². The molecule has 23 nitrogen and oxygen atoms in total. The molecule has 1 heterocycles. The number of benzene rings is 3. The lowest BCUT2D eigenvalue weighted by Gasteiger charge is -2.53. The average molecular weight is 854 g/mol. The van der Waals surface area contributed by atoms with Crippen LogP contribution in [0.4, 0.5) is 4.79 Å². The van der Waals surface area contributed by atoms with Gasteiger partial charge in [-0.1, -0.05) is 55.5 Å². The predicted octanol–water partition coefficient (Wildman–Crippen LogP) is -3.50. The summed E-state index contributed by atoms with van der Waals surface area (Å²) in [6.07, 6.45) is -5.37. The van der Waals surface area contributed by atoms with Crippen LogP contribution >= 0.6 is 0 Å². The van der Waals surface area contributed by atoms with Crippen LogP contribution in [0.1, 0.15) is 48.4 Å². The highest BCUT2D eigenvalue weighted by atomic mass is 16.8. The zero-order chi connectivity index (χ0) is 45.5. The number of aryl methyl sites for hydroxylation is 2. The molecule has 4 atom stereocenters. The van der Waals surface area contributed by atoms with Crippen molar-refractivity contribution in [2.24, 2.45) is 5.92 Å². The summed E-state index contributed by atoms with van der Waals surface area (Å²) in [6.45, 7) is 4.19. The van der Waals surface area contributed by atoms with Crippen molar-refractivity contribution in [3.63, 3.8) is 0 Å². The summed E-state index contributed by atoms with van der Waals surface area (Å²) >= 11 is 0. The maximum atomic E-state index is 14.0. The molecule has 0 radical (unpaired) electrons. The zero-order valence-corrected chi connectivity index (χ0v) is 32.0. The smallest absolute Gasteiger partial charge is 0.386 e. The van der Waals surface area contributed by atoms with Gasteiger partial charge < -0.3 is 91.8 Å². The van der Waals surface area contributed by atoms with E-state index in [0.29, 0.717) is 16.7 Å². The van der Waals surface area contributed by atoms with Crippen molar-refractivity contribution in [2.45, 2.75) is 94.0 Å². The zero-order valence-electron chi connectivity index (χ0n) is 32.0. The van der Waals surface area contributed by atoms with Crippen molar-refractivity contribution < 1.29 is 101 Å². The SMILES string of the molecule is CCC(C(=O)NC(CC(O)C(CC(=O)C(O)(O)Oc1c(C)cccc1C)Cc1ccccc1)C(O)(O)c1c(O)c(O)c(O)c(O)c1O)N1C(=O)NC(O)(O)C(O)(O)C1(O)O. The van der Waals surface area contributed by atoms with Gasteiger partial charge in [-0.2, -0.15) is 0 Å². The van der Waals surface area contributed by atoms with Gasteiger partial charge in [0, 0.05) is 6.42 Å². The normalized spacial score (nSPS) is 18.2. The van der Waals surface area contributed by atoms with E-state index in [4.69, 9.17) is 4.74 Å². The molecule has 0 aliphatic carbocycles. The van der Waals surface area contributed by atoms with Gasteiger partial charge in [0.15, 0.2) is 11.5 Å². The Morgan fingerprint density at radius 3 is 1.85 bits per heavy atom. The fraction of sp³-hybridized carbons (Fsp3) is 0.432. The molecule has 3 amide bonds. The second kappa shape index (κ2) is 16.8. The molecule has 0 bridgehead atoms. The number of nitrogens with one attached hydrogen (secondary N) is 2. The average Bonchev–Trinajstić information content (AvgIpc) is 3.15. The van der Waals surface area contributed by atoms with Gasteiger partial charge in [-0.3, -0.25) is 19.8 Å². The number of carbonyl (C=O) groups is 3. The predicted molar refractivity (Wildman–Crippen MR) is 196 cm³/mol. The highest BCUT2D eigenvalue weighted by molar-refractivity contribution is 5.88. The second-order valence-corrected chi connectivity index (χ2v) is 14.4. The molecule has 3 aromatic carbocycles. The van der Waals surface area contributed by atoms with Crippen LogP contribution in [0, 0.1) is 19.8 Å². The van der Waals surface area contributed by atoms with Crippen molar-refractivity contribution in [3.8, 4) is 34.5 Å². The number of nitrogens with zero attached hydrogens (tertiary/aromatic N) is 1. The number of carbonyl (C=O) groups excluding carboxylic acids is 3. The Balaban J connectivity index is 1.81. The third-order valence-corrected chi connectivity index (χ3v) is 10.2. The van der Waals surface area contributed by atoms with Crippen molar-refractivity contribution in [1.29, 1.82) is 0 Å². The Kier molecular flexibility index (Phi) is 13.2. The van der Waals surface area contributed by atoms with E-state index in [9.17, 15) is 96.1 Å². The molecule has 1 saturated heterocycles. The maximum Gasteiger partial charge on any atom is 0.386 e. The van der Waals surface area contributed by atoms with Gasteiger partial charge in [0.1, 0.15) is 17.4 Å². The topological polar surface area (TPSA) is 411 Å². The summed E-state index contributed by atoms with van der Waals surface area (Å²) < 4.78 is 5.28. The molecule has 330 valence electrons. The Morgan fingerprint density at radius 1 is 0.817 bits per heavy atom. The molecule has 1 aliphatic rings. The summed E-state index contributed by atoms with van der Waals surface area (Å²) in [5.41, 5.74) is -0.428. The molecule has 3 aromatic rings. The molecule has 0 saturated carbocycles. The standard InChI is InChI=1S/C37H47N3O20/c1-4-20(40-32(49)39-36(56,57)35(54,55)37(40,58)59)31(48)38-22(33(50,51)24-25(43)27(45)29(47)28(46)26(24)44)15-21(41)19(13-18-11-6-5-7-12-18)14-23(42)34(52,53)60-30-16(2)9-8-10-17(30)3/h5-12,19-22,41,43-47,50-59H,4,13-15H2,1-3H3,(H,38,48)(H,39,49). The largest absolute Gasteiger partial charge is 0.504 e. The Morgan fingerprint density at radius 2 is 1.33 bits per heavy atom. The van der Waals surface area contributed by atoms with E-state index in [1.807, 2.05) is 5.32 Å². The first kappa shape index (κ1) is 47.1. The molecular weight excluding hydrogens is 806 g/mol. The number of hydrogen-bond donors (Lipinski definition) is 18. The summed E-state index contributed by atoms with van der Waals surface area (Å²) in [5, 5.41) is 173. The number of urea groups is 1. The number of Topliss-reactive ketones (excluding diaryl/α,β-unsaturated/α-hetero) is 1. The number of hydrogen-bond acceptors (Lipinski definition) is 20. The fourth-order valence-electron chi connectivity index (χ4n) is 6.71. The quantitative estimate of drug-likeness (QED) is 0.0377. The van der Waals surface area contributed by atoms with Crippen molar-refractivity contribution in [1.82, 2.24) is 15.5 Å². The molecule has 18 N–H and O–H groups in total. The Hall–Kier alpha value is -5.57. The van der Waals surface area contributed by atoms with Crippen molar-refractivity contribution >= 4 is 17.7 Å². The number of ketones is 1. The summed E-state index contributed by atoms with van der Waals surface area (Å²) in [5.74, 6) is -33.6. The number of para-hydroxylation sites is 1. The van der Waals surface area contributed by atoms with Crippen LogP contribution in [-0.4, -0.2) is 146 Å². The molecule has 0 aromatic heterocycles. The Bertz CT molecular complexity index is 2040. The van der Waals surface area contributed by atoms with Gasteiger partial charge in [0.25, 0.3) is 0 Å². The third kappa shape index (κ3) is 8.68. The molecular formula is C37H47N3O20. The molecule has 1 fully saturated rings. The maximum absolute atomic E-state index is 14.0. The van der Waals surface area contributed by atoms with Gasteiger partial charge in [-0.05, 0) is 55.7 Å². The minimum absolute atomic E-state index is 0.0740. The van der Waals surface area contributed by atoms with Crippen LogP contribution in [0.5, 0.6) is 34.5 Å². The van der Waals surface area contributed by atoms with Gasteiger partial charge in [0.2, 0.25) is 34.7 Å². The molecule has 60 heavy (non-hydrogen) atoms. The highest BCUT2D eigenvalue weighted by Crippen LogP contribution is 2.54. The van der Waals surface area contributed by atoms with Gasteiger partial charge in [-0.25, -0.2) is 4.79 Å². The van der Waals surface area contributed by atoms with Crippen LogP contribution in [-0.2, 0) is 21.8 Å². The first-order chi connectivity index (χ1) is 27.5. The molecule has 23 heteroatoms. The lowest BCUT2D eigenvalue weighted by atomic mass is 9.83. The summed E-state index contributed by atoms with van der Waals surface area (Å²) in [7, 11) is 0. The lowest BCUT2D eigenvalue weighted by Crippen LogP contribution is -2.86. The number of aliphatic hydroxyl groups is 11. The van der Waals surface area contributed by atoms with Gasteiger partial charge in [-0.15, -0.1) is 0 Å². The molecule has 1 aliphatic heterocycles. The van der Waals surface area contributed by atoms with E-state index in [1.165, 1.54) is 17.4 Å². The van der Waals surface area contributed by atoms with Crippen LogP contribution < -0.4 is 15.4 Å². The first-order valence-corrected chi connectivity index (χ1v) is 17.9. The number of amides is 3. The minimum atomic E-state index is -4.47. The van der Waals surface area contributed by atoms with E-state index in [2.05, 4.69) is 0 Å². The molecule has 0 spiro atoms.